The summed E-state index contributed by atoms with van der Waals surface area (Å²) in [5.74, 6) is 1.83. The Hall–Kier alpha value is -2.64. The fourth-order valence-corrected chi connectivity index (χ4v) is 2.85. The third-order valence-electron chi connectivity index (χ3n) is 3.86. The molecule has 0 spiro atoms. The van der Waals surface area contributed by atoms with Crippen LogP contribution in [-0.4, -0.2) is 47.0 Å². The molecule has 1 fully saturated rings. The van der Waals surface area contributed by atoms with Crippen LogP contribution in [0.15, 0.2) is 22.9 Å². The summed E-state index contributed by atoms with van der Waals surface area (Å²) in [6.45, 7) is 5.46. The molecular formula is C16H21N5O3. The van der Waals surface area contributed by atoms with E-state index in [1.807, 2.05) is 12.1 Å². The van der Waals surface area contributed by atoms with E-state index in [4.69, 9.17) is 9.26 Å². The average molecular weight is 331 g/mol. The van der Waals surface area contributed by atoms with Crippen molar-refractivity contribution in [2.75, 3.05) is 24.6 Å². The van der Waals surface area contributed by atoms with Crippen LogP contribution in [-0.2, 0) is 4.74 Å². The van der Waals surface area contributed by atoms with Gasteiger partial charge in [0.25, 0.3) is 5.89 Å². The van der Waals surface area contributed by atoms with E-state index in [1.54, 1.807) is 20.0 Å². The largest absolute Gasteiger partial charge is 0.450 e. The number of aromatic nitrogens is 3. The maximum absolute atomic E-state index is 11.6. The van der Waals surface area contributed by atoms with Crippen LogP contribution in [0.1, 0.15) is 25.6 Å². The molecule has 0 bridgehead atoms. The summed E-state index contributed by atoms with van der Waals surface area (Å²) in [6.07, 6.45) is 3.23. The quantitative estimate of drug-likeness (QED) is 0.917. The van der Waals surface area contributed by atoms with Gasteiger partial charge >= 0.3 is 6.09 Å². The topological polar surface area (TPSA) is 93.4 Å². The normalized spacial score (nSPS) is 17.6. The van der Waals surface area contributed by atoms with Gasteiger partial charge in [0.15, 0.2) is 5.82 Å². The number of rotatable bonds is 4. The molecule has 1 atom stereocenters. The molecule has 3 rings (SSSR count). The standard InChI is InChI=1S/C16H21N5O3/c1-3-23-16(22)19-12-6-5-9-21(10-12)14-13(7-4-8-17-14)15-18-11(2)20-24-15/h4,7-8,12H,3,5-6,9-10H2,1-2H3,(H,19,22). The second-order valence-corrected chi connectivity index (χ2v) is 5.67. The van der Waals surface area contributed by atoms with Crippen LogP contribution in [0.4, 0.5) is 10.6 Å². The molecule has 1 amide bonds. The number of anilines is 1. The van der Waals surface area contributed by atoms with Crippen molar-refractivity contribution in [1.82, 2.24) is 20.4 Å². The summed E-state index contributed by atoms with van der Waals surface area (Å²) in [5.41, 5.74) is 0.801. The van der Waals surface area contributed by atoms with Gasteiger partial charge in [0, 0.05) is 25.3 Å². The Bertz CT molecular complexity index is 703. The molecule has 24 heavy (non-hydrogen) atoms. The summed E-state index contributed by atoms with van der Waals surface area (Å²) in [4.78, 5) is 22.6. The molecule has 0 aromatic carbocycles. The van der Waals surface area contributed by atoms with E-state index in [0.29, 0.717) is 24.9 Å². The molecule has 1 N–H and O–H groups in total. The van der Waals surface area contributed by atoms with E-state index in [1.165, 1.54) is 0 Å². The highest BCUT2D eigenvalue weighted by Crippen LogP contribution is 2.29. The molecule has 8 nitrogen and oxygen atoms in total. The van der Waals surface area contributed by atoms with E-state index < -0.39 is 0 Å². The first-order chi connectivity index (χ1) is 11.7. The van der Waals surface area contributed by atoms with Gasteiger partial charge in [0.05, 0.1) is 12.2 Å². The first-order valence-electron chi connectivity index (χ1n) is 8.11. The molecule has 128 valence electrons. The van der Waals surface area contributed by atoms with Crippen LogP contribution >= 0.6 is 0 Å². The van der Waals surface area contributed by atoms with Crippen molar-refractivity contribution in [2.45, 2.75) is 32.7 Å². The zero-order chi connectivity index (χ0) is 16.9. The number of hydrogen-bond acceptors (Lipinski definition) is 7. The number of nitrogens with zero attached hydrogens (tertiary/aromatic N) is 4. The average Bonchev–Trinajstić information content (AvgIpc) is 3.02. The monoisotopic (exact) mass is 331 g/mol. The van der Waals surface area contributed by atoms with Crippen molar-refractivity contribution in [1.29, 1.82) is 0 Å². The molecular weight excluding hydrogens is 310 g/mol. The summed E-state index contributed by atoms with van der Waals surface area (Å²) < 4.78 is 10.3. The van der Waals surface area contributed by atoms with Gasteiger partial charge in [-0.2, -0.15) is 4.98 Å². The third kappa shape index (κ3) is 3.64. The molecule has 3 heterocycles. The number of nitrogens with one attached hydrogen (secondary N) is 1. The SMILES string of the molecule is CCOC(=O)NC1CCCN(c2ncccc2-c2nc(C)no2)C1. The van der Waals surface area contributed by atoms with Gasteiger partial charge in [0.1, 0.15) is 5.82 Å². The number of alkyl carbamates (subject to hydrolysis) is 1. The first kappa shape index (κ1) is 16.2. The van der Waals surface area contributed by atoms with Crippen LogP contribution in [0.25, 0.3) is 11.5 Å². The molecule has 8 heteroatoms. The molecule has 0 aliphatic carbocycles. The number of amides is 1. The number of aryl methyl sites for hydroxylation is 1. The maximum atomic E-state index is 11.6. The minimum absolute atomic E-state index is 0.0251. The minimum atomic E-state index is -0.377. The van der Waals surface area contributed by atoms with Gasteiger partial charge in [-0.1, -0.05) is 5.16 Å². The summed E-state index contributed by atoms with van der Waals surface area (Å²) >= 11 is 0. The first-order valence-corrected chi connectivity index (χ1v) is 8.11. The van der Waals surface area contributed by atoms with Crippen LogP contribution in [0.5, 0.6) is 0 Å². The highest BCUT2D eigenvalue weighted by Gasteiger charge is 2.25. The highest BCUT2D eigenvalue weighted by atomic mass is 16.5. The van der Waals surface area contributed by atoms with Crippen LogP contribution in [0.3, 0.4) is 0 Å². The zero-order valence-electron chi connectivity index (χ0n) is 13.9. The Labute approximate surface area is 140 Å². The molecule has 1 saturated heterocycles. The van der Waals surface area contributed by atoms with Crippen LogP contribution < -0.4 is 10.2 Å². The van der Waals surface area contributed by atoms with Crippen molar-refractivity contribution < 1.29 is 14.1 Å². The van der Waals surface area contributed by atoms with E-state index in [-0.39, 0.29) is 12.1 Å². The molecule has 1 aliphatic rings. The highest BCUT2D eigenvalue weighted by molar-refractivity contribution is 5.70. The Morgan fingerprint density at radius 3 is 3.17 bits per heavy atom. The van der Waals surface area contributed by atoms with E-state index in [9.17, 15) is 4.79 Å². The molecule has 1 unspecified atom stereocenters. The second-order valence-electron chi connectivity index (χ2n) is 5.67. The lowest BCUT2D eigenvalue weighted by Gasteiger charge is -2.34. The molecule has 1 aliphatic heterocycles. The van der Waals surface area contributed by atoms with Gasteiger partial charge in [-0.3, -0.25) is 0 Å². The fourth-order valence-electron chi connectivity index (χ4n) is 2.85. The van der Waals surface area contributed by atoms with Crippen molar-refractivity contribution in [2.24, 2.45) is 0 Å². The predicted molar refractivity (Wildman–Crippen MR) is 87.7 cm³/mol. The minimum Gasteiger partial charge on any atom is -0.450 e. The van der Waals surface area contributed by atoms with Gasteiger partial charge in [-0.05, 0) is 38.8 Å². The lowest BCUT2D eigenvalue weighted by atomic mass is 10.1. The number of hydrogen-bond donors (Lipinski definition) is 1. The fraction of sp³-hybridized carbons (Fsp3) is 0.500. The van der Waals surface area contributed by atoms with Crippen LogP contribution in [0.2, 0.25) is 0 Å². The van der Waals surface area contributed by atoms with Gasteiger partial charge in [-0.25, -0.2) is 9.78 Å². The van der Waals surface area contributed by atoms with Gasteiger partial charge in [0.2, 0.25) is 0 Å². The van der Waals surface area contributed by atoms with Crippen molar-refractivity contribution in [3.63, 3.8) is 0 Å². The van der Waals surface area contributed by atoms with Crippen molar-refractivity contribution in [3.8, 4) is 11.5 Å². The number of carbonyl (C=O) groups is 1. The van der Waals surface area contributed by atoms with E-state index >= 15 is 0 Å². The molecule has 0 radical (unpaired) electrons. The summed E-state index contributed by atoms with van der Waals surface area (Å²) in [6, 6.07) is 3.78. The molecule has 2 aromatic rings. The second kappa shape index (κ2) is 7.29. The van der Waals surface area contributed by atoms with Gasteiger partial charge in [-0.15, -0.1) is 0 Å². The summed E-state index contributed by atoms with van der Waals surface area (Å²) in [5, 5.41) is 6.75. The van der Waals surface area contributed by atoms with Crippen molar-refractivity contribution >= 4 is 11.9 Å². The number of piperidine rings is 1. The third-order valence-corrected chi connectivity index (χ3v) is 3.86. The summed E-state index contributed by atoms with van der Waals surface area (Å²) in [7, 11) is 0. The Kier molecular flexibility index (Phi) is 4.93. The molecule has 0 saturated carbocycles. The zero-order valence-corrected chi connectivity index (χ0v) is 13.9. The van der Waals surface area contributed by atoms with Crippen molar-refractivity contribution in [3.05, 3.63) is 24.2 Å². The number of ether oxygens (including phenoxy) is 1. The van der Waals surface area contributed by atoms with Gasteiger partial charge < -0.3 is 19.5 Å². The number of pyridine rings is 1. The Morgan fingerprint density at radius 2 is 2.42 bits per heavy atom. The Morgan fingerprint density at radius 1 is 1.54 bits per heavy atom. The number of carbonyl (C=O) groups excluding carboxylic acids is 1. The van der Waals surface area contributed by atoms with Crippen LogP contribution in [0, 0.1) is 6.92 Å². The lowest BCUT2D eigenvalue weighted by Crippen LogP contribution is -2.48. The lowest BCUT2D eigenvalue weighted by molar-refractivity contribution is 0.146. The van der Waals surface area contributed by atoms with E-state index in [2.05, 4.69) is 25.3 Å². The maximum Gasteiger partial charge on any atom is 0.407 e. The molecule has 2 aromatic heterocycles. The smallest absolute Gasteiger partial charge is 0.407 e. The Balaban J connectivity index is 1.78. The predicted octanol–water partition coefficient (Wildman–Crippen LogP) is 2.15. The van der Waals surface area contributed by atoms with E-state index in [0.717, 1.165) is 30.8 Å².